The molecule has 0 fully saturated rings. The lowest BCUT2D eigenvalue weighted by Gasteiger charge is -2.34. The molecule has 5 heteroatoms. The predicted molar refractivity (Wildman–Crippen MR) is 113 cm³/mol. The van der Waals surface area contributed by atoms with E-state index < -0.39 is 11.9 Å². The van der Waals surface area contributed by atoms with E-state index >= 15 is 0 Å². The first kappa shape index (κ1) is 21.5. The molecule has 1 aromatic rings. The molecule has 0 aliphatic carbocycles. The zero-order valence-electron chi connectivity index (χ0n) is 16.0. The molecule has 1 aromatic carbocycles. The van der Waals surface area contributed by atoms with Crippen LogP contribution >= 0.6 is 11.6 Å². The van der Waals surface area contributed by atoms with Gasteiger partial charge in [-0.25, -0.2) is 4.79 Å². The van der Waals surface area contributed by atoms with Crippen LogP contribution in [0.4, 0.5) is 0 Å². The van der Waals surface area contributed by atoms with Gasteiger partial charge in [0, 0.05) is 29.6 Å². The third-order valence-electron chi connectivity index (χ3n) is 4.59. The maximum atomic E-state index is 13.0. The number of allylic oxidation sites excluding steroid dienone is 3. The fourth-order valence-corrected chi connectivity index (χ4v) is 3.29. The molecule has 1 unspecified atom stereocenters. The second-order valence-corrected chi connectivity index (χ2v) is 6.79. The molecule has 0 spiro atoms. The van der Waals surface area contributed by atoms with Crippen molar-refractivity contribution < 1.29 is 14.3 Å². The number of hydrogen-bond acceptors (Lipinski definition) is 3. The first-order chi connectivity index (χ1) is 13.4. The van der Waals surface area contributed by atoms with Gasteiger partial charge < -0.3 is 9.64 Å². The van der Waals surface area contributed by atoms with Crippen molar-refractivity contribution in [1.82, 2.24) is 4.90 Å². The molecule has 0 saturated carbocycles. The average molecular weight is 398 g/mol. The Morgan fingerprint density at radius 2 is 1.96 bits per heavy atom. The van der Waals surface area contributed by atoms with Gasteiger partial charge in [0.05, 0.1) is 5.57 Å². The number of carbonyl (C=O) groups is 2. The van der Waals surface area contributed by atoms with Gasteiger partial charge >= 0.3 is 5.97 Å². The minimum atomic E-state index is -0.462. The van der Waals surface area contributed by atoms with Crippen molar-refractivity contribution in [3.05, 3.63) is 95.7 Å². The van der Waals surface area contributed by atoms with Crippen LogP contribution in [-0.2, 0) is 14.3 Å². The Bertz CT molecular complexity index is 849. The Kier molecular flexibility index (Phi) is 7.59. The van der Waals surface area contributed by atoms with E-state index in [0.29, 0.717) is 22.8 Å². The Morgan fingerprint density at radius 1 is 1.29 bits per heavy atom. The summed E-state index contributed by atoms with van der Waals surface area (Å²) >= 11 is 5.99. The largest absolute Gasteiger partial charge is 0.457 e. The van der Waals surface area contributed by atoms with Crippen molar-refractivity contribution >= 4 is 23.5 Å². The number of amides is 1. The fourth-order valence-electron chi connectivity index (χ4n) is 3.16. The number of rotatable bonds is 8. The van der Waals surface area contributed by atoms with Gasteiger partial charge in [-0.3, -0.25) is 4.79 Å². The number of benzene rings is 1. The normalized spacial score (nSPS) is 17.4. The van der Waals surface area contributed by atoms with Crippen molar-refractivity contribution in [3.8, 4) is 0 Å². The summed E-state index contributed by atoms with van der Waals surface area (Å²) in [5, 5.41) is 0.592. The van der Waals surface area contributed by atoms with Crippen LogP contribution in [0.3, 0.4) is 0 Å². The molecule has 0 saturated heterocycles. The molecule has 2 rings (SSSR count). The Balaban J connectivity index is 2.42. The van der Waals surface area contributed by atoms with Crippen LogP contribution in [0.5, 0.6) is 0 Å². The summed E-state index contributed by atoms with van der Waals surface area (Å²) in [4.78, 5) is 27.2. The molecule has 0 aromatic heterocycles. The Labute approximate surface area is 171 Å². The first-order valence-electron chi connectivity index (χ1n) is 8.91. The summed E-state index contributed by atoms with van der Waals surface area (Å²) in [6.07, 6.45) is 6.76. The van der Waals surface area contributed by atoms with Crippen LogP contribution in [0.1, 0.15) is 24.8 Å². The lowest BCUT2D eigenvalue weighted by molar-refractivity contribution is -0.139. The van der Waals surface area contributed by atoms with Gasteiger partial charge in [-0.15, -0.1) is 6.58 Å². The van der Waals surface area contributed by atoms with Gasteiger partial charge in [-0.2, -0.15) is 0 Å². The van der Waals surface area contributed by atoms with Crippen LogP contribution in [0.2, 0.25) is 5.02 Å². The van der Waals surface area contributed by atoms with Gasteiger partial charge in [0.15, 0.2) is 0 Å². The summed E-state index contributed by atoms with van der Waals surface area (Å²) < 4.78 is 5.52. The number of esters is 1. The maximum absolute atomic E-state index is 13.0. The number of ether oxygens (including phenoxy) is 1. The van der Waals surface area contributed by atoms with E-state index in [1.807, 2.05) is 12.1 Å². The van der Waals surface area contributed by atoms with E-state index in [1.165, 1.54) is 0 Å². The second kappa shape index (κ2) is 9.90. The molecule has 146 valence electrons. The third-order valence-corrected chi connectivity index (χ3v) is 4.84. The highest BCUT2D eigenvalue weighted by Gasteiger charge is 2.36. The van der Waals surface area contributed by atoms with Crippen LogP contribution in [0.25, 0.3) is 0 Å². The standard InChI is InChI=1S/C23H24ClNO3/c1-5-8-17(7-3)15-28-23(27)22-16(4)25(13-6-2)21(26)14-20(22)18-9-11-19(24)12-10-18/h5-12,20H,1-3,13-15H2,4H3/b17-8+. The van der Waals surface area contributed by atoms with E-state index in [1.54, 1.807) is 48.3 Å². The Morgan fingerprint density at radius 3 is 2.54 bits per heavy atom. The van der Waals surface area contributed by atoms with E-state index in [-0.39, 0.29) is 18.9 Å². The zero-order valence-corrected chi connectivity index (χ0v) is 16.7. The molecule has 4 nitrogen and oxygen atoms in total. The molecule has 1 amide bonds. The van der Waals surface area contributed by atoms with Crippen LogP contribution in [0, 0.1) is 0 Å². The van der Waals surface area contributed by atoms with Gasteiger partial charge in [0.1, 0.15) is 6.61 Å². The van der Waals surface area contributed by atoms with E-state index in [4.69, 9.17) is 16.3 Å². The lowest BCUT2D eigenvalue weighted by Crippen LogP contribution is -2.38. The smallest absolute Gasteiger partial charge is 0.336 e. The van der Waals surface area contributed by atoms with Crippen LogP contribution in [-0.4, -0.2) is 29.9 Å². The average Bonchev–Trinajstić information content (AvgIpc) is 2.68. The second-order valence-electron chi connectivity index (χ2n) is 6.36. The summed E-state index contributed by atoms with van der Waals surface area (Å²) in [6, 6.07) is 7.16. The minimum absolute atomic E-state index is 0.0627. The molecular weight excluding hydrogens is 374 g/mol. The number of carbonyl (C=O) groups excluding carboxylic acids is 2. The Hall–Kier alpha value is -2.85. The van der Waals surface area contributed by atoms with Crippen LogP contribution in [0.15, 0.2) is 85.1 Å². The molecule has 0 N–H and O–H groups in total. The highest BCUT2D eigenvalue weighted by atomic mass is 35.5. The molecule has 0 bridgehead atoms. The van der Waals surface area contributed by atoms with Gasteiger partial charge in [-0.05, 0) is 30.2 Å². The van der Waals surface area contributed by atoms with Gasteiger partial charge in [0.2, 0.25) is 5.91 Å². The van der Waals surface area contributed by atoms with Crippen molar-refractivity contribution in [2.24, 2.45) is 0 Å². The molecule has 28 heavy (non-hydrogen) atoms. The first-order valence-corrected chi connectivity index (χ1v) is 9.29. The fraction of sp³-hybridized carbons (Fsp3) is 0.217. The monoisotopic (exact) mass is 397 g/mol. The predicted octanol–water partition coefficient (Wildman–Crippen LogP) is 4.96. The topological polar surface area (TPSA) is 46.6 Å². The lowest BCUT2D eigenvalue weighted by atomic mass is 9.83. The van der Waals surface area contributed by atoms with Crippen molar-refractivity contribution in [3.63, 3.8) is 0 Å². The summed E-state index contributed by atoms with van der Waals surface area (Å²) in [6.45, 7) is 13.2. The molecule has 0 radical (unpaired) electrons. The van der Waals surface area contributed by atoms with E-state index in [9.17, 15) is 9.59 Å². The summed E-state index contributed by atoms with van der Waals surface area (Å²) in [5.74, 6) is -0.919. The molecule has 1 atom stereocenters. The number of halogens is 1. The van der Waals surface area contributed by atoms with Gasteiger partial charge in [-0.1, -0.05) is 61.2 Å². The maximum Gasteiger partial charge on any atom is 0.336 e. The van der Waals surface area contributed by atoms with Crippen molar-refractivity contribution in [1.29, 1.82) is 0 Å². The van der Waals surface area contributed by atoms with E-state index in [2.05, 4.69) is 19.7 Å². The number of nitrogens with zero attached hydrogens (tertiary/aromatic N) is 1. The van der Waals surface area contributed by atoms with Gasteiger partial charge in [0.25, 0.3) is 0 Å². The quantitative estimate of drug-likeness (QED) is 0.354. The zero-order chi connectivity index (χ0) is 20.7. The third kappa shape index (κ3) is 4.90. The molecule has 1 aliphatic heterocycles. The molecular formula is C23H24ClNO3. The van der Waals surface area contributed by atoms with E-state index in [0.717, 1.165) is 11.1 Å². The molecule has 1 heterocycles. The SMILES string of the molecule is C=C/C=C(\C=C)COC(=O)C1=C(C)N(CC=C)C(=O)CC1c1ccc(Cl)cc1. The minimum Gasteiger partial charge on any atom is -0.457 e. The van der Waals surface area contributed by atoms with Crippen molar-refractivity contribution in [2.75, 3.05) is 13.2 Å². The summed E-state index contributed by atoms with van der Waals surface area (Å²) in [5.41, 5.74) is 2.62. The highest BCUT2D eigenvalue weighted by molar-refractivity contribution is 6.30. The number of hydrogen-bond donors (Lipinski definition) is 0. The molecule has 1 aliphatic rings. The summed E-state index contributed by atoms with van der Waals surface area (Å²) in [7, 11) is 0. The highest BCUT2D eigenvalue weighted by Crippen LogP contribution is 2.37. The van der Waals surface area contributed by atoms with Crippen LogP contribution < -0.4 is 0 Å². The van der Waals surface area contributed by atoms with Crippen molar-refractivity contribution in [2.45, 2.75) is 19.3 Å².